The highest BCUT2D eigenvalue weighted by Gasteiger charge is 2.09. The van der Waals surface area contributed by atoms with Crippen LogP contribution in [0.15, 0.2) is 0 Å². The lowest BCUT2D eigenvalue weighted by molar-refractivity contribution is 0.190. The molecule has 0 spiro atoms. The molecular weight excluding hydrogens is 276 g/mol. The largest absolute Gasteiger partial charge is 0.397 e. The van der Waals surface area contributed by atoms with Crippen LogP contribution in [0.1, 0.15) is 97.8 Å². The number of hydrogen-bond donors (Lipinski definition) is 0. The van der Waals surface area contributed by atoms with Gasteiger partial charge in [-0.1, -0.05) is 85.0 Å². The maximum atomic E-state index is 5.96. The molecule has 0 aromatic heterocycles. The number of hydrogen-bond acceptors (Lipinski definition) is 2. The molecule has 3 heteroatoms. The van der Waals surface area contributed by atoms with Gasteiger partial charge in [0.05, 0.1) is 0 Å². The molecule has 0 aromatic carbocycles. The summed E-state index contributed by atoms with van der Waals surface area (Å²) >= 11 is 0. The van der Waals surface area contributed by atoms with Crippen LogP contribution < -0.4 is 0 Å². The smallest absolute Gasteiger partial charge is 0.321 e. The van der Waals surface area contributed by atoms with E-state index in [0.29, 0.717) is 0 Å². The Hall–Kier alpha value is 0.137. The van der Waals surface area contributed by atoms with Crippen molar-refractivity contribution >= 4 is 9.28 Å². The number of rotatable bonds is 17. The van der Waals surface area contributed by atoms with Crippen LogP contribution in [0, 0.1) is 0 Å². The van der Waals surface area contributed by atoms with Crippen molar-refractivity contribution in [1.29, 1.82) is 0 Å². The third-order valence-electron chi connectivity index (χ3n) is 3.94. The van der Waals surface area contributed by atoms with Crippen LogP contribution in [0.25, 0.3) is 0 Å². The zero-order valence-electron chi connectivity index (χ0n) is 15.0. The second-order valence-electron chi connectivity index (χ2n) is 6.11. The van der Waals surface area contributed by atoms with E-state index in [0.717, 1.165) is 19.3 Å². The molecule has 2 nitrogen and oxygen atoms in total. The molecule has 0 aromatic rings. The summed E-state index contributed by atoms with van der Waals surface area (Å²) in [6.45, 7) is 8.59. The second-order valence-corrected chi connectivity index (χ2v) is 8.46. The lowest BCUT2D eigenvalue weighted by Crippen LogP contribution is -2.23. The quantitative estimate of drug-likeness (QED) is 0.243. The van der Waals surface area contributed by atoms with E-state index in [-0.39, 0.29) is 0 Å². The molecule has 0 atom stereocenters. The zero-order chi connectivity index (χ0) is 15.6. The first kappa shape index (κ1) is 21.1. The van der Waals surface area contributed by atoms with Crippen LogP contribution in [-0.4, -0.2) is 22.5 Å². The van der Waals surface area contributed by atoms with Crippen molar-refractivity contribution in [2.24, 2.45) is 0 Å². The second kappa shape index (κ2) is 18.2. The zero-order valence-corrected chi connectivity index (χ0v) is 16.2. The van der Waals surface area contributed by atoms with Gasteiger partial charge in [0.15, 0.2) is 0 Å². The third-order valence-corrected chi connectivity index (χ3v) is 5.82. The van der Waals surface area contributed by atoms with E-state index >= 15 is 0 Å². The molecule has 0 amide bonds. The Morgan fingerprint density at radius 2 is 0.905 bits per heavy atom. The fourth-order valence-electron chi connectivity index (χ4n) is 2.48. The molecule has 0 saturated heterocycles. The van der Waals surface area contributed by atoms with Crippen LogP contribution in [0.4, 0.5) is 0 Å². The van der Waals surface area contributed by atoms with Crippen molar-refractivity contribution in [2.45, 2.75) is 104 Å². The summed E-state index contributed by atoms with van der Waals surface area (Å²) in [6, 6.07) is 1.10. The molecule has 0 heterocycles. The van der Waals surface area contributed by atoms with E-state index < -0.39 is 9.28 Å². The molecule has 0 N–H and O–H groups in total. The van der Waals surface area contributed by atoms with Crippen molar-refractivity contribution in [3.63, 3.8) is 0 Å². The van der Waals surface area contributed by atoms with Crippen molar-refractivity contribution in [1.82, 2.24) is 0 Å². The van der Waals surface area contributed by atoms with Crippen LogP contribution >= 0.6 is 0 Å². The Kier molecular flexibility index (Phi) is 18.3. The Bertz CT molecular complexity index is 170. The van der Waals surface area contributed by atoms with E-state index in [4.69, 9.17) is 8.85 Å². The number of unbranched alkanes of at least 4 members (excludes halogenated alkanes) is 10. The fourth-order valence-corrected chi connectivity index (χ4v) is 3.90. The Balaban J connectivity index is 3.29. The molecule has 21 heavy (non-hydrogen) atoms. The average molecular weight is 317 g/mol. The highest BCUT2D eigenvalue weighted by atomic mass is 28.3. The third kappa shape index (κ3) is 16.3. The Morgan fingerprint density at radius 1 is 0.524 bits per heavy atom. The Morgan fingerprint density at radius 3 is 1.29 bits per heavy atom. The van der Waals surface area contributed by atoms with E-state index in [1.165, 1.54) is 77.0 Å². The summed E-state index contributed by atoms with van der Waals surface area (Å²) in [7, 11) is -1.34. The first-order valence-electron chi connectivity index (χ1n) is 9.58. The van der Waals surface area contributed by atoms with Crippen LogP contribution in [0.2, 0.25) is 6.04 Å². The van der Waals surface area contributed by atoms with Gasteiger partial charge in [-0.25, -0.2) is 0 Å². The lowest BCUT2D eigenvalue weighted by atomic mass is 10.1. The summed E-state index contributed by atoms with van der Waals surface area (Å²) in [4.78, 5) is 0. The molecular formula is C18H40O2Si. The SMILES string of the molecule is CCCCCCCCO[SiH](CC)OCCCCCCCC. The first-order chi connectivity index (χ1) is 10.3. The molecule has 0 aliphatic rings. The van der Waals surface area contributed by atoms with E-state index in [2.05, 4.69) is 20.8 Å². The highest BCUT2D eigenvalue weighted by molar-refractivity contribution is 6.44. The molecule has 0 rings (SSSR count). The fraction of sp³-hybridized carbons (Fsp3) is 1.00. The minimum Gasteiger partial charge on any atom is -0.397 e. The molecule has 0 bridgehead atoms. The molecule has 0 unspecified atom stereocenters. The molecule has 128 valence electrons. The molecule has 0 aliphatic heterocycles. The average Bonchev–Trinajstić information content (AvgIpc) is 2.51. The molecule has 0 fully saturated rings. The minimum atomic E-state index is -1.34. The van der Waals surface area contributed by atoms with Gasteiger partial charge >= 0.3 is 9.28 Å². The van der Waals surface area contributed by atoms with Crippen LogP contribution in [0.5, 0.6) is 0 Å². The van der Waals surface area contributed by atoms with Gasteiger partial charge in [-0.15, -0.1) is 0 Å². The van der Waals surface area contributed by atoms with Gasteiger partial charge in [0.1, 0.15) is 0 Å². The summed E-state index contributed by atoms with van der Waals surface area (Å²) in [5, 5.41) is 0. The van der Waals surface area contributed by atoms with Gasteiger partial charge in [0, 0.05) is 13.2 Å². The highest BCUT2D eigenvalue weighted by Crippen LogP contribution is 2.08. The first-order valence-corrected chi connectivity index (χ1v) is 11.3. The maximum Gasteiger partial charge on any atom is 0.321 e. The van der Waals surface area contributed by atoms with Crippen molar-refractivity contribution in [3.05, 3.63) is 0 Å². The summed E-state index contributed by atoms with van der Waals surface area (Å²) in [5.41, 5.74) is 0. The van der Waals surface area contributed by atoms with Gasteiger partial charge in [0.25, 0.3) is 0 Å². The molecule has 0 radical (unpaired) electrons. The molecule has 0 aliphatic carbocycles. The van der Waals surface area contributed by atoms with E-state index in [9.17, 15) is 0 Å². The topological polar surface area (TPSA) is 18.5 Å². The Labute approximate surface area is 135 Å². The van der Waals surface area contributed by atoms with Gasteiger partial charge in [-0.2, -0.15) is 0 Å². The minimum absolute atomic E-state index is 0.924. The van der Waals surface area contributed by atoms with E-state index in [1.54, 1.807) is 0 Å². The summed E-state index contributed by atoms with van der Waals surface area (Å²) in [6.07, 6.45) is 16.0. The van der Waals surface area contributed by atoms with Crippen molar-refractivity contribution < 1.29 is 8.85 Å². The normalized spacial score (nSPS) is 11.4. The predicted octanol–water partition coefficient (Wildman–Crippen LogP) is 5.98. The van der Waals surface area contributed by atoms with Crippen LogP contribution in [0.3, 0.4) is 0 Å². The predicted molar refractivity (Wildman–Crippen MR) is 96.3 cm³/mol. The van der Waals surface area contributed by atoms with Crippen molar-refractivity contribution in [2.75, 3.05) is 13.2 Å². The standard InChI is InChI=1S/C18H40O2Si/c1-4-7-9-11-13-15-17-19-21(6-3)20-18-16-14-12-10-8-5-2/h21H,4-18H2,1-3H3. The van der Waals surface area contributed by atoms with Gasteiger partial charge in [-0.3, -0.25) is 0 Å². The maximum absolute atomic E-state index is 5.96. The lowest BCUT2D eigenvalue weighted by Gasteiger charge is -2.15. The van der Waals surface area contributed by atoms with Gasteiger partial charge in [-0.05, 0) is 18.9 Å². The summed E-state index contributed by atoms with van der Waals surface area (Å²) in [5.74, 6) is 0. The van der Waals surface area contributed by atoms with Crippen molar-refractivity contribution in [3.8, 4) is 0 Å². The van der Waals surface area contributed by atoms with Crippen LogP contribution in [-0.2, 0) is 8.85 Å². The van der Waals surface area contributed by atoms with Gasteiger partial charge in [0.2, 0.25) is 0 Å². The molecule has 0 saturated carbocycles. The summed E-state index contributed by atoms with van der Waals surface area (Å²) < 4.78 is 11.9. The monoisotopic (exact) mass is 316 g/mol. The van der Waals surface area contributed by atoms with E-state index in [1.807, 2.05) is 0 Å². The van der Waals surface area contributed by atoms with Gasteiger partial charge < -0.3 is 8.85 Å².